The van der Waals surface area contributed by atoms with Crippen LogP contribution in [0.1, 0.15) is 27.2 Å². The van der Waals surface area contributed by atoms with Crippen molar-refractivity contribution in [1.29, 1.82) is 0 Å². The normalized spacial score (nSPS) is 12.6. The second-order valence-corrected chi connectivity index (χ2v) is 4.39. The van der Waals surface area contributed by atoms with Crippen molar-refractivity contribution in [3.63, 3.8) is 0 Å². The molecule has 0 aromatic heterocycles. The first-order valence-corrected chi connectivity index (χ1v) is 5.82. The standard InChI is InChI=1S/C11H23N3O3/c1-8(2)14(4)7-5-6-12-11(17)13-9(3)10(15)16/h8-9H,5-7H2,1-4H3,(H,15,16)(H2,12,13,17)/t9-/m1/s1. The molecule has 0 saturated heterocycles. The van der Waals surface area contributed by atoms with E-state index in [0.29, 0.717) is 12.6 Å². The first-order valence-electron chi connectivity index (χ1n) is 5.82. The van der Waals surface area contributed by atoms with Gasteiger partial charge in [-0.2, -0.15) is 0 Å². The molecule has 6 heteroatoms. The van der Waals surface area contributed by atoms with Crippen molar-refractivity contribution in [2.45, 2.75) is 39.3 Å². The van der Waals surface area contributed by atoms with E-state index < -0.39 is 18.0 Å². The van der Waals surface area contributed by atoms with Gasteiger partial charge >= 0.3 is 12.0 Å². The van der Waals surface area contributed by atoms with E-state index in [2.05, 4.69) is 29.4 Å². The molecule has 0 spiro atoms. The summed E-state index contributed by atoms with van der Waals surface area (Å²) in [6.07, 6.45) is 0.837. The Hall–Kier alpha value is -1.30. The number of carbonyl (C=O) groups is 2. The van der Waals surface area contributed by atoms with Gasteiger partial charge < -0.3 is 20.6 Å². The SMILES string of the molecule is CC(C)N(C)CCCNC(=O)N[C@H](C)C(=O)O. The highest BCUT2D eigenvalue weighted by Gasteiger charge is 2.13. The van der Waals surface area contributed by atoms with E-state index in [9.17, 15) is 9.59 Å². The molecule has 100 valence electrons. The Morgan fingerprint density at radius 2 is 1.88 bits per heavy atom. The van der Waals surface area contributed by atoms with E-state index >= 15 is 0 Å². The van der Waals surface area contributed by atoms with Crippen molar-refractivity contribution in [2.75, 3.05) is 20.1 Å². The zero-order valence-corrected chi connectivity index (χ0v) is 11.0. The van der Waals surface area contributed by atoms with Gasteiger partial charge in [0.1, 0.15) is 6.04 Å². The van der Waals surface area contributed by atoms with Crippen molar-refractivity contribution in [3.8, 4) is 0 Å². The number of carbonyl (C=O) groups excluding carboxylic acids is 1. The van der Waals surface area contributed by atoms with E-state index in [4.69, 9.17) is 5.11 Å². The average Bonchev–Trinajstić information content (AvgIpc) is 2.23. The number of carboxylic acids is 1. The number of carboxylic acid groups (broad SMARTS) is 1. The van der Waals surface area contributed by atoms with Crippen molar-refractivity contribution in [1.82, 2.24) is 15.5 Å². The molecule has 0 aliphatic carbocycles. The molecule has 17 heavy (non-hydrogen) atoms. The molecule has 0 saturated carbocycles. The van der Waals surface area contributed by atoms with Crippen LogP contribution in [0.4, 0.5) is 4.79 Å². The highest BCUT2D eigenvalue weighted by atomic mass is 16.4. The second kappa shape index (κ2) is 7.89. The van der Waals surface area contributed by atoms with Gasteiger partial charge in [0.15, 0.2) is 0 Å². The van der Waals surface area contributed by atoms with Gasteiger partial charge in [-0.25, -0.2) is 4.79 Å². The molecule has 6 nitrogen and oxygen atoms in total. The van der Waals surface area contributed by atoms with Crippen LogP contribution in [-0.4, -0.2) is 54.2 Å². The van der Waals surface area contributed by atoms with E-state index in [1.54, 1.807) is 0 Å². The molecule has 0 aromatic carbocycles. The predicted molar refractivity (Wildman–Crippen MR) is 66.0 cm³/mol. The zero-order chi connectivity index (χ0) is 13.4. The number of amides is 2. The lowest BCUT2D eigenvalue weighted by atomic mass is 10.3. The molecule has 0 bridgehead atoms. The molecule has 0 heterocycles. The minimum Gasteiger partial charge on any atom is -0.480 e. The van der Waals surface area contributed by atoms with Crippen LogP contribution in [0, 0.1) is 0 Å². The molecular formula is C11H23N3O3. The minimum atomic E-state index is -1.04. The summed E-state index contributed by atoms with van der Waals surface area (Å²) in [4.78, 5) is 23.9. The molecule has 2 amide bonds. The first kappa shape index (κ1) is 15.7. The minimum absolute atomic E-state index is 0.438. The molecule has 1 atom stereocenters. The summed E-state index contributed by atoms with van der Waals surface area (Å²) >= 11 is 0. The fourth-order valence-electron chi connectivity index (χ4n) is 1.10. The van der Waals surface area contributed by atoms with Crippen LogP contribution in [0.5, 0.6) is 0 Å². The molecule has 0 aliphatic heterocycles. The number of hydrogen-bond donors (Lipinski definition) is 3. The maximum atomic E-state index is 11.2. The van der Waals surface area contributed by atoms with Gasteiger partial charge in [-0.3, -0.25) is 4.79 Å². The molecule has 0 aromatic rings. The Labute approximate surface area is 102 Å². The summed E-state index contributed by atoms with van der Waals surface area (Å²) in [5.74, 6) is -1.04. The number of urea groups is 1. The monoisotopic (exact) mass is 245 g/mol. The predicted octanol–water partition coefficient (Wildman–Crippen LogP) is 0.489. The summed E-state index contributed by atoms with van der Waals surface area (Å²) in [5.41, 5.74) is 0. The van der Waals surface area contributed by atoms with Crippen LogP contribution in [0.25, 0.3) is 0 Å². The van der Waals surface area contributed by atoms with Gasteiger partial charge in [0.05, 0.1) is 0 Å². The molecule has 0 rings (SSSR count). The third-order valence-electron chi connectivity index (χ3n) is 2.57. The highest BCUT2D eigenvalue weighted by molar-refractivity contribution is 5.82. The van der Waals surface area contributed by atoms with Crippen molar-refractivity contribution in [2.24, 2.45) is 0 Å². The molecular weight excluding hydrogens is 222 g/mol. The third kappa shape index (κ3) is 7.57. The maximum absolute atomic E-state index is 11.2. The number of rotatable bonds is 7. The molecule has 0 unspecified atom stereocenters. The van der Waals surface area contributed by atoms with Crippen LogP contribution in [-0.2, 0) is 4.79 Å². The summed E-state index contributed by atoms with van der Waals surface area (Å²) in [7, 11) is 2.03. The van der Waals surface area contributed by atoms with Gasteiger partial charge in [0.25, 0.3) is 0 Å². The maximum Gasteiger partial charge on any atom is 0.325 e. The van der Waals surface area contributed by atoms with Crippen LogP contribution < -0.4 is 10.6 Å². The van der Waals surface area contributed by atoms with Crippen LogP contribution >= 0.6 is 0 Å². The van der Waals surface area contributed by atoms with Gasteiger partial charge in [0, 0.05) is 12.6 Å². The van der Waals surface area contributed by atoms with Gasteiger partial charge in [-0.1, -0.05) is 0 Å². The number of nitrogens with zero attached hydrogens (tertiary/aromatic N) is 1. The Morgan fingerprint density at radius 1 is 1.29 bits per heavy atom. The average molecular weight is 245 g/mol. The van der Waals surface area contributed by atoms with E-state index in [1.807, 2.05) is 7.05 Å². The van der Waals surface area contributed by atoms with Crippen LogP contribution in [0.15, 0.2) is 0 Å². The summed E-state index contributed by atoms with van der Waals surface area (Å²) in [5, 5.41) is 13.5. The van der Waals surface area contributed by atoms with Crippen molar-refractivity contribution in [3.05, 3.63) is 0 Å². The van der Waals surface area contributed by atoms with Gasteiger partial charge in [-0.05, 0) is 40.8 Å². The van der Waals surface area contributed by atoms with Crippen molar-refractivity contribution >= 4 is 12.0 Å². The van der Waals surface area contributed by atoms with Gasteiger partial charge in [0.2, 0.25) is 0 Å². The molecule has 0 radical (unpaired) electrons. The Balaban J connectivity index is 3.62. The molecule has 3 N–H and O–H groups in total. The number of hydrogen-bond acceptors (Lipinski definition) is 3. The smallest absolute Gasteiger partial charge is 0.325 e. The Kier molecular flexibility index (Phi) is 7.29. The van der Waals surface area contributed by atoms with Crippen LogP contribution in [0.2, 0.25) is 0 Å². The Bertz CT molecular complexity index is 256. The lowest BCUT2D eigenvalue weighted by molar-refractivity contribution is -0.138. The lowest BCUT2D eigenvalue weighted by Gasteiger charge is -2.20. The quantitative estimate of drug-likeness (QED) is 0.570. The largest absolute Gasteiger partial charge is 0.480 e. The zero-order valence-electron chi connectivity index (χ0n) is 11.0. The topological polar surface area (TPSA) is 81.7 Å². The summed E-state index contributed by atoms with van der Waals surface area (Å²) < 4.78 is 0. The number of nitrogens with one attached hydrogen (secondary N) is 2. The van der Waals surface area contributed by atoms with Gasteiger partial charge in [-0.15, -0.1) is 0 Å². The summed E-state index contributed by atoms with van der Waals surface area (Å²) in [6.45, 7) is 7.07. The van der Waals surface area contributed by atoms with E-state index in [-0.39, 0.29) is 0 Å². The highest BCUT2D eigenvalue weighted by Crippen LogP contribution is 1.94. The second-order valence-electron chi connectivity index (χ2n) is 4.39. The Morgan fingerprint density at radius 3 is 2.35 bits per heavy atom. The third-order valence-corrected chi connectivity index (χ3v) is 2.57. The van der Waals surface area contributed by atoms with Crippen molar-refractivity contribution < 1.29 is 14.7 Å². The first-order chi connectivity index (χ1) is 7.84. The number of aliphatic carboxylic acids is 1. The molecule has 0 fully saturated rings. The fraction of sp³-hybridized carbons (Fsp3) is 0.818. The summed E-state index contributed by atoms with van der Waals surface area (Å²) in [6, 6.07) is -0.823. The lowest BCUT2D eigenvalue weighted by Crippen LogP contribution is -2.45. The van der Waals surface area contributed by atoms with E-state index in [0.717, 1.165) is 13.0 Å². The molecule has 0 aliphatic rings. The van der Waals surface area contributed by atoms with Crippen LogP contribution in [0.3, 0.4) is 0 Å². The fourth-order valence-corrected chi connectivity index (χ4v) is 1.10. The van der Waals surface area contributed by atoms with E-state index in [1.165, 1.54) is 6.92 Å².